The van der Waals surface area contributed by atoms with Crippen LogP contribution in [0.5, 0.6) is 5.75 Å². The molecular weight excluding hydrogens is 224 g/mol. The fourth-order valence-electron chi connectivity index (χ4n) is 2.85. The van der Waals surface area contributed by atoms with E-state index in [1.165, 1.54) is 24.0 Å². The van der Waals surface area contributed by atoms with Gasteiger partial charge in [0.1, 0.15) is 5.75 Å². The van der Waals surface area contributed by atoms with Gasteiger partial charge < -0.3 is 15.4 Å². The summed E-state index contributed by atoms with van der Waals surface area (Å²) in [6.07, 6.45) is 4.68. The van der Waals surface area contributed by atoms with Crippen molar-refractivity contribution in [1.82, 2.24) is 4.90 Å². The normalized spacial score (nSPS) is 18.3. The predicted molar refractivity (Wildman–Crippen MR) is 74.7 cm³/mol. The zero-order chi connectivity index (χ0) is 13.2. The van der Waals surface area contributed by atoms with Crippen molar-refractivity contribution < 1.29 is 4.74 Å². The Kier molecular flexibility index (Phi) is 3.93. The predicted octanol–water partition coefficient (Wildman–Crippen LogP) is 2.48. The summed E-state index contributed by atoms with van der Waals surface area (Å²) in [5.41, 5.74) is 8.88. The molecule has 0 atom stereocenters. The molecule has 0 saturated heterocycles. The van der Waals surface area contributed by atoms with Crippen LogP contribution in [0.4, 0.5) is 0 Å². The first-order chi connectivity index (χ1) is 8.55. The number of methoxy groups -OCH3 is 1. The third-order valence-electron chi connectivity index (χ3n) is 3.84. The molecule has 1 saturated carbocycles. The lowest BCUT2D eigenvalue weighted by molar-refractivity contribution is 0.370. The topological polar surface area (TPSA) is 38.5 Å². The molecule has 1 aromatic carbocycles. The minimum Gasteiger partial charge on any atom is -0.496 e. The quantitative estimate of drug-likeness (QED) is 0.889. The zero-order valence-electron chi connectivity index (χ0n) is 11.7. The Morgan fingerprint density at radius 2 is 1.94 bits per heavy atom. The van der Waals surface area contributed by atoms with Crippen molar-refractivity contribution in [3.63, 3.8) is 0 Å². The summed E-state index contributed by atoms with van der Waals surface area (Å²) < 4.78 is 5.43. The third-order valence-corrected chi connectivity index (χ3v) is 3.84. The Morgan fingerprint density at radius 1 is 1.28 bits per heavy atom. The summed E-state index contributed by atoms with van der Waals surface area (Å²) in [4.78, 5) is 2.15. The van der Waals surface area contributed by atoms with E-state index in [4.69, 9.17) is 10.5 Å². The maximum Gasteiger partial charge on any atom is 0.123 e. The molecule has 0 bridgehead atoms. The minimum absolute atomic E-state index is 0.118. The second kappa shape index (κ2) is 5.29. The molecule has 1 aliphatic carbocycles. The number of nitrogens with two attached hydrogens (primary N) is 1. The molecule has 0 heterocycles. The van der Waals surface area contributed by atoms with E-state index in [-0.39, 0.29) is 5.54 Å². The van der Waals surface area contributed by atoms with Gasteiger partial charge in [-0.3, -0.25) is 0 Å². The Hall–Kier alpha value is -1.06. The average molecular weight is 248 g/mol. The molecule has 1 aromatic rings. The summed E-state index contributed by atoms with van der Waals surface area (Å²) in [5.74, 6) is 0.953. The van der Waals surface area contributed by atoms with Crippen LogP contribution in [0, 0.1) is 0 Å². The highest BCUT2D eigenvalue weighted by molar-refractivity contribution is 5.40. The Morgan fingerprint density at radius 3 is 2.50 bits per heavy atom. The molecule has 2 N–H and O–H groups in total. The van der Waals surface area contributed by atoms with Gasteiger partial charge in [0.05, 0.1) is 7.11 Å². The molecule has 18 heavy (non-hydrogen) atoms. The standard InChI is InChI=1S/C15H24N2O/c1-17(2)11-12-10-13(6-7-14(12)18-3)15(16)8-4-5-9-15/h6-7,10H,4-5,8-9,11,16H2,1-3H3. The molecule has 0 amide bonds. The van der Waals surface area contributed by atoms with E-state index in [0.717, 1.165) is 25.1 Å². The summed E-state index contributed by atoms with van der Waals surface area (Å²) in [7, 11) is 5.86. The number of hydrogen-bond donors (Lipinski definition) is 1. The van der Waals surface area contributed by atoms with Crippen LogP contribution in [0.1, 0.15) is 36.8 Å². The van der Waals surface area contributed by atoms with Crippen molar-refractivity contribution in [3.8, 4) is 5.75 Å². The van der Waals surface area contributed by atoms with E-state index in [9.17, 15) is 0 Å². The van der Waals surface area contributed by atoms with Gasteiger partial charge in [-0.2, -0.15) is 0 Å². The van der Waals surface area contributed by atoms with Crippen LogP contribution < -0.4 is 10.5 Å². The fraction of sp³-hybridized carbons (Fsp3) is 0.600. The Bertz CT molecular complexity index is 409. The molecule has 0 spiro atoms. The van der Waals surface area contributed by atoms with Crippen LogP contribution in [-0.2, 0) is 12.1 Å². The van der Waals surface area contributed by atoms with Crippen molar-refractivity contribution in [2.45, 2.75) is 37.8 Å². The van der Waals surface area contributed by atoms with Gasteiger partial charge in [0.15, 0.2) is 0 Å². The second-order valence-corrected chi connectivity index (χ2v) is 5.63. The van der Waals surface area contributed by atoms with Crippen molar-refractivity contribution in [3.05, 3.63) is 29.3 Å². The molecule has 0 radical (unpaired) electrons. The first kappa shape index (κ1) is 13.4. The van der Waals surface area contributed by atoms with E-state index in [1.54, 1.807) is 7.11 Å². The first-order valence-electron chi connectivity index (χ1n) is 6.66. The molecule has 0 aromatic heterocycles. The lowest BCUT2D eigenvalue weighted by Crippen LogP contribution is -2.33. The number of nitrogens with zero attached hydrogens (tertiary/aromatic N) is 1. The maximum atomic E-state index is 6.52. The number of benzene rings is 1. The van der Waals surface area contributed by atoms with Gasteiger partial charge in [0.2, 0.25) is 0 Å². The molecule has 1 aliphatic rings. The lowest BCUT2D eigenvalue weighted by Gasteiger charge is -2.26. The highest BCUT2D eigenvalue weighted by atomic mass is 16.5. The molecule has 1 fully saturated rings. The SMILES string of the molecule is COc1ccc(C2(N)CCCC2)cc1CN(C)C. The smallest absolute Gasteiger partial charge is 0.123 e. The van der Waals surface area contributed by atoms with Crippen LogP contribution in [0.15, 0.2) is 18.2 Å². The van der Waals surface area contributed by atoms with Crippen molar-refractivity contribution >= 4 is 0 Å². The average Bonchev–Trinajstić information content (AvgIpc) is 2.76. The number of ether oxygens (including phenoxy) is 1. The number of hydrogen-bond acceptors (Lipinski definition) is 3. The highest BCUT2D eigenvalue weighted by Gasteiger charge is 2.31. The van der Waals surface area contributed by atoms with Crippen LogP contribution in [0.2, 0.25) is 0 Å². The third kappa shape index (κ3) is 2.68. The summed E-state index contributed by atoms with van der Waals surface area (Å²) in [6, 6.07) is 6.41. The molecular formula is C15H24N2O. The van der Waals surface area contributed by atoms with Crippen molar-refractivity contribution in [2.24, 2.45) is 5.73 Å². The summed E-state index contributed by atoms with van der Waals surface area (Å²) >= 11 is 0. The van der Waals surface area contributed by atoms with Crippen molar-refractivity contribution in [1.29, 1.82) is 0 Å². The minimum atomic E-state index is -0.118. The van der Waals surface area contributed by atoms with Crippen LogP contribution in [0.25, 0.3) is 0 Å². The molecule has 0 unspecified atom stereocenters. The monoisotopic (exact) mass is 248 g/mol. The second-order valence-electron chi connectivity index (χ2n) is 5.63. The largest absolute Gasteiger partial charge is 0.496 e. The highest BCUT2D eigenvalue weighted by Crippen LogP contribution is 2.37. The van der Waals surface area contributed by atoms with E-state index in [1.807, 2.05) is 0 Å². The molecule has 100 valence electrons. The molecule has 3 nitrogen and oxygen atoms in total. The Labute approximate surface area is 110 Å². The Balaban J connectivity index is 2.32. The van der Waals surface area contributed by atoms with Crippen LogP contribution in [-0.4, -0.2) is 26.1 Å². The maximum absolute atomic E-state index is 6.52. The van der Waals surface area contributed by atoms with Gasteiger partial charge in [-0.15, -0.1) is 0 Å². The lowest BCUT2D eigenvalue weighted by atomic mass is 9.88. The van der Waals surface area contributed by atoms with Gasteiger partial charge >= 0.3 is 0 Å². The van der Waals surface area contributed by atoms with Crippen LogP contribution in [0.3, 0.4) is 0 Å². The van der Waals surface area contributed by atoms with Gasteiger partial charge in [-0.1, -0.05) is 18.9 Å². The number of rotatable bonds is 4. The van der Waals surface area contributed by atoms with Gasteiger partial charge in [-0.25, -0.2) is 0 Å². The van der Waals surface area contributed by atoms with Gasteiger partial charge in [0, 0.05) is 17.6 Å². The van der Waals surface area contributed by atoms with Gasteiger partial charge in [0.25, 0.3) is 0 Å². The molecule has 2 rings (SSSR count). The van der Waals surface area contributed by atoms with E-state index in [2.05, 4.69) is 37.2 Å². The molecule has 0 aliphatic heterocycles. The first-order valence-corrected chi connectivity index (χ1v) is 6.66. The fourth-order valence-corrected chi connectivity index (χ4v) is 2.85. The van der Waals surface area contributed by atoms with E-state index < -0.39 is 0 Å². The van der Waals surface area contributed by atoms with E-state index >= 15 is 0 Å². The zero-order valence-corrected chi connectivity index (χ0v) is 11.7. The summed E-state index contributed by atoms with van der Waals surface area (Å²) in [6.45, 7) is 0.882. The molecule has 3 heteroatoms. The van der Waals surface area contributed by atoms with Crippen molar-refractivity contribution in [2.75, 3.05) is 21.2 Å². The van der Waals surface area contributed by atoms with E-state index in [0.29, 0.717) is 0 Å². The van der Waals surface area contributed by atoms with Crippen LogP contribution >= 0.6 is 0 Å². The van der Waals surface area contributed by atoms with Gasteiger partial charge in [-0.05, 0) is 44.6 Å². The summed E-state index contributed by atoms with van der Waals surface area (Å²) in [5, 5.41) is 0.